The molecule has 0 bridgehead atoms. The second-order valence-electron chi connectivity index (χ2n) is 3.20. The third-order valence-electron chi connectivity index (χ3n) is 1.89. The molecule has 90 valence electrons. The van der Waals surface area contributed by atoms with Gasteiger partial charge >= 0.3 is 0 Å². The molecule has 17 heavy (non-hydrogen) atoms. The van der Waals surface area contributed by atoms with Crippen molar-refractivity contribution in [1.82, 2.24) is 10.1 Å². The molecule has 0 saturated carbocycles. The summed E-state index contributed by atoms with van der Waals surface area (Å²) >= 11 is 3.17. The van der Waals surface area contributed by atoms with E-state index in [0.29, 0.717) is 21.9 Å². The van der Waals surface area contributed by atoms with Crippen LogP contribution in [0, 0.1) is 5.82 Å². The van der Waals surface area contributed by atoms with E-state index in [9.17, 15) is 4.39 Å². The summed E-state index contributed by atoms with van der Waals surface area (Å²) in [5.41, 5.74) is 5.32. The van der Waals surface area contributed by atoms with Crippen molar-refractivity contribution in [2.45, 2.75) is 13.2 Å². The summed E-state index contributed by atoms with van der Waals surface area (Å²) in [7, 11) is 0. The standard InChI is InChI=1S/C10H9BrFN3O2/c11-6-1-7(12)3-8(2-6)16-5-9-14-10(4-13)17-15-9/h1-3H,4-5,13H2. The van der Waals surface area contributed by atoms with Gasteiger partial charge < -0.3 is 15.0 Å². The number of ether oxygens (including phenoxy) is 1. The van der Waals surface area contributed by atoms with Crippen molar-refractivity contribution >= 4 is 15.9 Å². The molecular formula is C10H9BrFN3O2. The van der Waals surface area contributed by atoms with Crippen LogP contribution in [0.5, 0.6) is 5.75 Å². The Morgan fingerprint density at radius 1 is 1.41 bits per heavy atom. The molecule has 1 aromatic heterocycles. The molecule has 2 rings (SSSR count). The highest BCUT2D eigenvalue weighted by atomic mass is 79.9. The van der Waals surface area contributed by atoms with E-state index in [1.807, 2.05) is 0 Å². The summed E-state index contributed by atoms with van der Waals surface area (Å²) in [6, 6.07) is 4.26. The summed E-state index contributed by atoms with van der Waals surface area (Å²) in [5, 5.41) is 3.65. The molecule has 0 radical (unpaired) electrons. The average Bonchev–Trinajstić information content (AvgIpc) is 2.73. The lowest BCUT2D eigenvalue weighted by molar-refractivity contribution is 0.284. The van der Waals surface area contributed by atoms with Gasteiger partial charge in [0.2, 0.25) is 11.7 Å². The molecule has 2 N–H and O–H groups in total. The Labute approximate surface area is 105 Å². The maximum atomic E-state index is 13.0. The molecule has 0 spiro atoms. The van der Waals surface area contributed by atoms with Crippen LogP contribution in [0.3, 0.4) is 0 Å². The van der Waals surface area contributed by atoms with E-state index in [1.165, 1.54) is 12.1 Å². The van der Waals surface area contributed by atoms with E-state index in [1.54, 1.807) is 6.07 Å². The van der Waals surface area contributed by atoms with Crippen LogP contribution < -0.4 is 10.5 Å². The largest absolute Gasteiger partial charge is 0.485 e. The van der Waals surface area contributed by atoms with E-state index in [0.717, 1.165) is 0 Å². The summed E-state index contributed by atoms with van der Waals surface area (Å²) < 4.78 is 23.8. The third kappa shape index (κ3) is 3.24. The molecule has 1 heterocycles. The molecule has 7 heteroatoms. The number of benzene rings is 1. The highest BCUT2D eigenvalue weighted by Crippen LogP contribution is 2.21. The number of aromatic nitrogens is 2. The van der Waals surface area contributed by atoms with Crippen LogP contribution in [0.15, 0.2) is 27.2 Å². The Bertz CT molecular complexity index is 498. The first kappa shape index (κ1) is 12.0. The Balaban J connectivity index is 2.01. The fourth-order valence-electron chi connectivity index (χ4n) is 1.19. The zero-order chi connectivity index (χ0) is 12.3. The van der Waals surface area contributed by atoms with Gasteiger partial charge in [-0.05, 0) is 12.1 Å². The van der Waals surface area contributed by atoms with E-state index >= 15 is 0 Å². The number of nitrogens with two attached hydrogens (primary N) is 1. The Hall–Kier alpha value is -1.47. The van der Waals surface area contributed by atoms with Crippen molar-refractivity contribution in [2.75, 3.05) is 0 Å². The summed E-state index contributed by atoms with van der Waals surface area (Å²) in [5.74, 6) is 0.705. The first-order chi connectivity index (χ1) is 8.17. The van der Waals surface area contributed by atoms with Crippen LogP contribution in [0.1, 0.15) is 11.7 Å². The third-order valence-corrected chi connectivity index (χ3v) is 2.35. The summed E-state index contributed by atoms with van der Waals surface area (Å²) in [6.45, 7) is 0.276. The molecule has 0 unspecified atom stereocenters. The van der Waals surface area contributed by atoms with Gasteiger partial charge in [0.25, 0.3) is 0 Å². The van der Waals surface area contributed by atoms with Gasteiger partial charge in [0.05, 0.1) is 6.54 Å². The van der Waals surface area contributed by atoms with Gasteiger partial charge in [-0.3, -0.25) is 0 Å². The normalized spacial score (nSPS) is 10.5. The lowest BCUT2D eigenvalue weighted by atomic mass is 10.3. The van der Waals surface area contributed by atoms with Gasteiger partial charge in [-0.15, -0.1) is 0 Å². The molecule has 0 aliphatic rings. The second-order valence-corrected chi connectivity index (χ2v) is 4.12. The average molecular weight is 302 g/mol. The van der Waals surface area contributed by atoms with Crippen molar-refractivity contribution in [2.24, 2.45) is 5.73 Å². The fourth-order valence-corrected chi connectivity index (χ4v) is 1.64. The van der Waals surface area contributed by atoms with Gasteiger partial charge in [0.1, 0.15) is 11.6 Å². The van der Waals surface area contributed by atoms with Crippen LogP contribution in [-0.2, 0) is 13.2 Å². The maximum Gasteiger partial charge on any atom is 0.240 e. The SMILES string of the molecule is NCc1nc(COc2cc(F)cc(Br)c2)no1. The van der Waals surface area contributed by atoms with Gasteiger partial charge in [-0.25, -0.2) is 4.39 Å². The fraction of sp³-hybridized carbons (Fsp3) is 0.200. The lowest BCUT2D eigenvalue weighted by Crippen LogP contribution is -2.00. The van der Waals surface area contributed by atoms with Gasteiger partial charge in [0, 0.05) is 10.5 Å². The van der Waals surface area contributed by atoms with Crippen LogP contribution in [0.4, 0.5) is 4.39 Å². The van der Waals surface area contributed by atoms with Crippen LogP contribution in [-0.4, -0.2) is 10.1 Å². The predicted molar refractivity (Wildman–Crippen MR) is 60.6 cm³/mol. The highest BCUT2D eigenvalue weighted by molar-refractivity contribution is 9.10. The Morgan fingerprint density at radius 3 is 2.88 bits per heavy atom. The molecule has 0 aliphatic heterocycles. The number of hydrogen-bond acceptors (Lipinski definition) is 5. The van der Waals surface area contributed by atoms with Crippen LogP contribution in [0.2, 0.25) is 0 Å². The minimum atomic E-state index is -0.384. The van der Waals surface area contributed by atoms with Crippen molar-refractivity contribution in [3.63, 3.8) is 0 Å². The first-order valence-electron chi connectivity index (χ1n) is 4.78. The van der Waals surface area contributed by atoms with Gasteiger partial charge in [-0.1, -0.05) is 21.1 Å². The number of hydrogen-bond donors (Lipinski definition) is 1. The van der Waals surface area contributed by atoms with Crippen molar-refractivity contribution in [1.29, 1.82) is 0 Å². The molecule has 5 nitrogen and oxygen atoms in total. The molecule has 2 aromatic rings. The summed E-state index contributed by atoms with van der Waals surface area (Å²) in [6.07, 6.45) is 0. The number of nitrogens with zero attached hydrogens (tertiary/aromatic N) is 2. The molecule has 0 aliphatic carbocycles. The maximum absolute atomic E-state index is 13.0. The number of halogens is 2. The highest BCUT2D eigenvalue weighted by Gasteiger charge is 2.06. The van der Waals surface area contributed by atoms with Crippen molar-refractivity contribution in [3.8, 4) is 5.75 Å². The van der Waals surface area contributed by atoms with E-state index < -0.39 is 0 Å². The Morgan fingerprint density at radius 2 is 2.24 bits per heavy atom. The molecule has 0 saturated heterocycles. The zero-order valence-corrected chi connectivity index (χ0v) is 10.3. The van der Waals surface area contributed by atoms with Crippen LogP contribution >= 0.6 is 15.9 Å². The van der Waals surface area contributed by atoms with Gasteiger partial charge in [-0.2, -0.15) is 4.98 Å². The minimum absolute atomic E-state index is 0.0966. The topological polar surface area (TPSA) is 74.2 Å². The molecule has 0 atom stereocenters. The first-order valence-corrected chi connectivity index (χ1v) is 5.57. The molecule has 1 aromatic carbocycles. The van der Waals surface area contributed by atoms with Crippen molar-refractivity contribution < 1.29 is 13.7 Å². The monoisotopic (exact) mass is 301 g/mol. The van der Waals surface area contributed by atoms with Crippen LogP contribution in [0.25, 0.3) is 0 Å². The second kappa shape index (κ2) is 5.24. The predicted octanol–water partition coefficient (Wildman–Crippen LogP) is 2.01. The van der Waals surface area contributed by atoms with E-state index in [4.69, 9.17) is 15.0 Å². The van der Waals surface area contributed by atoms with Gasteiger partial charge in [0.15, 0.2) is 6.61 Å². The smallest absolute Gasteiger partial charge is 0.240 e. The molecule has 0 fully saturated rings. The molecular weight excluding hydrogens is 293 g/mol. The minimum Gasteiger partial charge on any atom is -0.485 e. The van der Waals surface area contributed by atoms with E-state index in [2.05, 4.69) is 26.1 Å². The Kier molecular flexibility index (Phi) is 3.70. The molecule has 0 amide bonds. The van der Waals surface area contributed by atoms with Crippen molar-refractivity contribution in [3.05, 3.63) is 40.2 Å². The lowest BCUT2D eigenvalue weighted by Gasteiger charge is -2.03. The quantitative estimate of drug-likeness (QED) is 0.935. The summed E-state index contributed by atoms with van der Waals surface area (Å²) in [4.78, 5) is 3.96. The van der Waals surface area contributed by atoms with E-state index in [-0.39, 0.29) is 19.0 Å². The number of rotatable bonds is 4. The zero-order valence-electron chi connectivity index (χ0n) is 8.69.